The Morgan fingerprint density at radius 3 is 2.67 bits per heavy atom. The normalized spacial score (nSPS) is 10.1. The van der Waals surface area contributed by atoms with Gasteiger partial charge in [-0.25, -0.2) is 0 Å². The monoisotopic (exact) mass is 260 g/mol. The fourth-order valence-corrected chi connectivity index (χ4v) is 1.85. The van der Waals surface area contributed by atoms with Crippen LogP contribution in [0.5, 0.6) is 0 Å². The molecule has 0 aliphatic rings. The molecule has 18 heavy (non-hydrogen) atoms. The van der Waals surface area contributed by atoms with Gasteiger partial charge >= 0.3 is 0 Å². The summed E-state index contributed by atoms with van der Waals surface area (Å²) in [5, 5.41) is 3.18. The van der Waals surface area contributed by atoms with Gasteiger partial charge in [-0.05, 0) is 37.3 Å². The van der Waals surface area contributed by atoms with Crippen LogP contribution in [0, 0.1) is 6.92 Å². The summed E-state index contributed by atoms with van der Waals surface area (Å²) in [6.07, 6.45) is 0. The summed E-state index contributed by atoms with van der Waals surface area (Å²) >= 11 is 6.00. The second-order valence-electron chi connectivity index (χ2n) is 4.06. The molecule has 1 amide bonds. The van der Waals surface area contributed by atoms with Crippen LogP contribution in [0.2, 0.25) is 5.02 Å². The Morgan fingerprint density at radius 1 is 1.22 bits per heavy atom. The number of carbonyl (C=O) groups excluding carboxylic acids is 1. The highest BCUT2D eigenvalue weighted by Crippen LogP contribution is 2.24. The van der Waals surface area contributed by atoms with Crippen LogP contribution in [0.1, 0.15) is 15.9 Å². The summed E-state index contributed by atoms with van der Waals surface area (Å²) in [6.45, 7) is 1.94. The molecule has 2 aromatic rings. The first-order valence-electron chi connectivity index (χ1n) is 5.49. The predicted octanol–water partition coefficient (Wildman–Crippen LogP) is 3.48. The summed E-state index contributed by atoms with van der Waals surface area (Å²) < 4.78 is 0. The van der Waals surface area contributed by atoms with E-state index in [-0.39, 0.29) is 5.91 Å². The molecule has 4 heteroatoms. The second kappa shape index (κ2) is 5.10. The number of nitrogen functional groups attached to an aromatic ring is 1. The van der Waals surface area contributed by atoms with E-state index in [4.69, 9.17) is 17.3 Å². The zero-order chi connectivity index (χ0) is 13.1. The van der Waals surface area contributed by atoms with Crippen molar-refractivity contribution in [2.24, 2.45) is 0 Å². The lowest BCUT2D eigenvalue weighted by atomic mass is 10.1. The zero-order valence-electron chi connectivity index (χ0n) is 9.91. The molecule has 0 unspecified atom stereocenters. The maximum absolute atomic E-state index is 12.0. The minimum Gasteiger partial charge on any atom is -0.399 e. The number of aryl methyl sites for hydroxylation is 1. The molecule has 2 aromatic carbocycles. The molecular weight excluding hydrogens is 248 g/mol. The summed E-state index contributed by atoms with van der Waals surface area (Å²) in [7, 11) is 0. The molecule has 3 nitrogen and oxygen atoms in total. The first kappa shape index (κ1) is 12.5. The number of anilines is 2. The number of benzene rings is 2. The van der Waals surface area contributed by atoms with Crippen molar-refractivity contribution in [1.82, 2.24) is 0 Å². The molecule has 0 heterocycles. The maximum Gasteiger partial charge on any atom is 0.255 e. The summed E-state index contributed by atoms with van der Waals surface area (Å²) in [5.74, 6) is -0.189. The molecule has 0 spiro atoms. The largest absolute Gasteiger partial charge is 0.399 e. The molecule has 0 saturated heterocycles. The number of amides is 1. The minimum atomic E-state index is -0.189. The summed E-state index contributed by atoms with van der Waals surface area (Å²) in [5.41, 5.74) is 8.34. The van der Waals surface area contributed by atoms with Crippen molar-refractivity contribution in [3.05, 3.63) is 58.6 Å². The first-order chi connectivity index (χ1) is 8.56. The van der Waals surface area contributed by atoms with Gasteiger partial charge in [-0.2, -0.15) is 0 Å². The Morgan fingerprint density at radius 2 is 2.00 bits per heavy atom. The molecule has 0 saturated carbocycles. The van der Waals surface area contributed by atoms with E-state index in [1.807, 2.05) is 25.1 Å². The van der Waals surface area contributed by atoms with E-state index in [0.29, 0.717) is 22.0 Å². The molecule has 0 fully saturated rings. The Balaban J connectivity index is 2.21. The molecular formula is C14H13ClN2O. The Kier molecular flexibility index (Phi) is 3.53. The smallest absolute Gasteiger partial charge is 0.255 e. The zero-order valence-corrected chi connectivity index (χ0v) is 10.7. The van der Waals surface area contributed by atoms with Gasteiger partial charge < -0.3 is 11.1 Å². The summed E-state index contributed by atoms with van der Waals surface area (Å²) in [4.78, 5) is 12.0. The first-order valence-corrected chi connectivity index (χ1v) is 5.87. The molecule has 0 radical (unpaired) electrons. The van der Waals surface area contributed by atoms with Crippen molar-refractivity contribution in [2.75, 3.05) is 11.1 Å². The minimum absolute atomic E-state index is 0.189. The van der Waals surface area contributed by atoms with Crippen LogP contribution in [0.4, 0.5) is 11.4 Å². The van der Waals surface area contributed by atoms with Crippen molar-refractivity contribution in [3.63, 3.8) is 0 Å². The molecule has 2 rings (SSSR count). The van der Waals surface area contributed by atoms with Gasteiger partial charge in [-0.15, -0.1) is 0 Å². The number of hydrogen-bond donors (Lipinski definition) is 2. The van der Waals surface area contributed by atoms with Gasteiger partial charge in [0.05, 0.1) is 10.7 Å². The quantitative estimate of drug-likeness (QED) is 0.812. The van der Waals surface area contributed by atoms with Gasteiger partial charge in [-0.1, -0.05) is 29.3 Å². The van der Waals surface area contributed by atoms with Crippen LogP contribution in [0.25, 0.3) is 0 Å². The van der Waals surface area contributed by atoms with Crippen molar-refractivity contribution in [1.29, 1.82) is 0 Å². The highest BCUT2D eigenvalue weighted by Gasteiger charge is 2.08. The third kappa shape index (κ3) is 2.81. The fourth-order valence-electron chi connectivity index (χ4n) is 1.61. The van der Waals surface area contributed by atoms with Crippen LogP contribution in [-0.2, 0) is 0 Å². The number of hydrogen-bond acceptors (Lipinski definition) is 2. The Hall–Kier alpha value is -2.00. The van der Waals surface area contributed by atoms with Crippen molar-refractivity contribution >= 4 is 28.9 Å². The number of rotatable bonds is 2. The average molecular weight is 261 g/mol. The van der Waals surface area contributed by atoms with Gasteiger partial charge in [-0.3, -0.25) is 4.79 Å². The number of nitrogens with two attached hydrogens (primary N) is 1. The van der Waals surface area contributed by atoms with Gasteiger partial charge in [0.25, 0.3) is 5.91 Å². The second-order valence-corrected chi connectivity index (χ2v) is 4.47. The van der Waals surface area contributed by atoms with E-state index in [9.17, 15) is 4.79 Å². The molecule has 0 aromatic heterocycles. The molecule has 0 aliphatic carbocycles. The van der Waals surface area contributed by atoms with Gasteiger partial charge in [0, 0.05) is 11.3 Å². The van der Waals surface area contributed by atoms with E-state index in [1.165, 1.54) is 0 Å². The lowest BCUT2D eigenvalue weighted by Gasteiger charge is -2.08. The molecule has 0 bridgehead atoms. The van der Waals surface area contributed by atoms with Gasteiger partial charge in [0.15, 0.2) is 0 Å². The predicted molar refractivity (Wildman–Crippen MR) is 75.0 cm³/mol. The topological polar surface area (TPSA) is 55.1 Å². The molecule has 3 N–H and O–H groups in total. The van der Waals surface area contributed by atoms with E-state index in [0.717, 1.165) is 5.56 Å². The molecule has 92 valence electrons. The van der Waals surface area contributed by atoms with Crippen LogP contribution in [0.15, 0.2) is 42.5 Å². The lowest BCUT2D eigenvalue weighted by Crippen LogP contribution is -2.12. The molecule has 0 atom stereocenters. The Labute approximate surface area is 111 Å². The highest BCUT2D eigenvalue weighted by atomic mass is 35.5. The van der Waals surface area contributed by atoms with Crippen LogP contribution in [0.3, 0.4) is 0 Å². The average Bonchev–Trinajstić information content (AvgIpc) is 2.32. The molecule has 0 aliphatic heterocycles. The van der Waals surface area contributed by atoms with Crippen LogP contribution >= 0.6 is 11.6 Å². The number of nitrogens with one attached hydrogen (secondary N) is 1. The van der Waals surface area contributed by atoms with E-state index < -0.39 is 0 Å². The van der Waals surface area contributed by atoms with Crippen LogP contribution < -0.4 is 11.1 Å². The van der Waals surface area contributed by atoms with Crippen molar-refractivity contribution in [3.8, 4) is 0 Å². The van der Waals surface area contributed by atoms with E-state index in [1.54, 1.807) is 24.3 Å². The fraction of sp³-hybridized carbons (Fsp3) is 0.0714. The summed E-state index contributed by atoms with van der Waals surface area (Å²) in [6, 6.07) is 12.3. The van der Waals surface area contributed by atoms with Gasteiger partial charge in [0.2, 0.25) is 0 Å². The van der Waals surface area contributed by atoms with Gasteiger partial charge in [0.1, 0.15) is 0 Å². The third-order valence-electron chi connectivity index (χ3n) is 2.52. The lowest BCUT2D eigenvalue weighted by molar-refractivity contribution is 0.102. The third-order valence-corrected chi connectivity index (χ3v) is 2.83. The maximum atomic E-state index is 12.0. The van der Waals surface area contributed by atoms with Crippen LogP contribution in [-0.4, -0.2) is 5.91 Å². The highest BCUT2D eigenvalue weighted by molar-refractivity contribution is 6.34. The van der Waals surface area contributed by atoms with Crippen molar-refractivity contribution in [2.45, 2.75) is 6.92 Å². The SMILES string of the molecule is Cc1cccc(C(=O)Nc2ccc(N)cc2Cl)c1. The van der Waals surface area contributed by atoms with E-state index in [2.05, 4.69) is 5.32 Å². The standard InChI is InChI=1S/C14H13ClN2O/c1-9-3-2-4-10(7-9)14(18)17-13-6-5-11(16)8-12(13)15/h2-8H,16H2,1H3,(H,17,18). The van der Waals surface area contributed by atoms with Crippen molar-refractivity contribution < 1.29 is 4.79 Å². The number of carbonyl (C=O) groups is 1. The Bertz CT molecular complexity index is 596. The number of halogens is 1. The van der Waals surface area contributed by atoms with E-state index >= 15 is 0 Å².